The zero-order chi connectivity index (χ0) is 18.1. The van der Waals surface area contributed by atoms with Gasteiger partial charge in [0, 0.05) is 12.7 Å². The molecule has 0 fully saturated rings. The van der Waals surface area contributed by atoms with E-state index < -0.39 is 22.9 Å². The molecular formula is C13H13N7O4S. The number of carbonyl (C=O) groups is 1. The number of benzene rings is 1. The molecule has 25 heavy (non-hydrogen) atoms. The SMILES string of the molecule is Cc1c(NC(=O)c2ncn3c(=O)n(C)nnc23)cccc1NS(=O)O. The fourth-order valence-corrected chi connectivity index (χ4v) is 2.61. The highest BCUT2D eigenvalue weighted by Crippen LogP contribution is 2.24. The maximum Gasteiger partial charge on any atom is 0.352 e. The number of rotatable bonds is 4. The largest absolute Gasteiger partial charge is 0.352 e. The van der Waals surface area contributed by atoms with E-state index in [-0.39, 0.29) is 11.3 Å². The Morgan fingerprint density at radius 1 is 1.32 bits per heavy atom. The van der Waals surface area contributed by atoms with Gasteiger partial charge >= 0.3 is 5.69 Å². The number of carbonyl (C=O) groups excluding carboxylic acids is 1. The van der Waals surface area contributed by atoms with Crippen molar-refractivity contribution in [3.05, 3.63) is 46.3 Å². The topological polar surface area (TPSA) is 144 Å². The smallest absolute Gasteiger partial charge is 0.320 e. The molecule has 11 nitrogen and oxygen atoms in total. The number of nitrogens with zero attached hydrogens (tertiary/aromatic N) is 5. The summed E-state index contributed by atoms with van der Waals surface area (Å²) in [5.41, 5.74) is 0.853. The molecular weight excluding hydrogens is 350 g/mol. The van der Waals surface area contributed by atoms with Crippen LogP contribution in [-0.4, -0.2) is 39.0 Å². The van der Waals surface area contributed by atoms with Gasteiger partial charge < -0.3 is 5.32 Å². The average molecular weight is 363 g/mol. The number of aryl methyl sites for hydroxylation is 1. The third-order valence-corrected chi connectivity index (χ3v) is 3.89. The molecule has 1 unspecified atom stereocenters. The summed E-state index contributed by atoms with van der Waals surface area (Å²) in [7, 11) is 1.43. The van der Waals surface area contributed by atoms with Crippen LogP contribution in [0.1, 0.15) is 16.1 Å². The van der Waals surface area contributed by atoms with Crippen LogP contribution in [0, 0.1) is 6.92 Å². The second-order valence-corrected chi connectivity index (χ2v) is 5.77. The van der Waals surface area contributed by atoms with E-state index in [1.54, 1.807) is 25.1 Å². The van der Waals surface area contributed by atoms with Crippen molar-refractivity contribution in [3.8, 4) is 0 Å². The summed E-state index contributed by atoms with van der Waals surface area (Å²) in [6.07, 6.45) is 1.20. The first kappa shape index (κ1) is 16.7. The molecule has 0 bridgehead atoms. The van der Waals surface area contributed by atoms with Gasteiger partial charge in [0.15, 0.2) is 11.3 Å². The average Bonchev–Trinajstić information content (AvgIpc) is 2.99. The lowest BCUT2D eigenvalue weighted by Gasteiger charge is -2.11. The van der Waals surface area contributed by atoms with Crippen molar-refractivity contribution in [2.45, 2.75) is 6.92 Å². The van der Waals surface area contributed by atoms with E-state index >= 15 is 0 Å². The normalized spacial score (nSPS) is 12.1. The molecule has 1 atom stereocenters. The van der Waals surface area contributed by atoms with Gasteiger partial charge in [-0.25, -0.2) is 18.4 Å². The fourth-order valence-electron chi connectivity index (χ4n) is 2.20. The lowest BCUT2D eigenvalue weighted by molar-refractivity contribution is 0.102. The van der Waals surface area contributed by atoms with E-state index in [0.29, 0.717) is 16.9 Å². The Hall–Kier alpha value is -3.12. The van der Waals surface area contributed by atoms with E-state index in [1.165, 1.54) is 13.4 Å². The molecule has 1 aromatic carbocycles. The van der Waals surface area contributed by atoms with Crippen molar-refractivity contribution >= 4 is 34.2 Å². The molecule has 1 amide bonds. The number of nitrogens with one attached hydrogen (secondary N) is 2. The number of hydrogen-bond donors (Lipinski definition) is 3. The number of fused-ring (bicyclic) bond motifs is 1. The summed E-state index contributed by atoms with van der Waals surface area (Å²) >= 11 is -2.23. The highest BCUT2D eigenvalue weighted by molar-refractivity contribution is 7.80. The molecule has 2 aromatic heterocycles. The zero-order valence-corrected chi connectivity index (χ0v) is 13.9. The molecule has 0 saturated carbocycles. The van der Waals surface area contributed by atoms with Gasteiger partial charge in [-0.05, 0) is 24.6 Å². The Kier molecular flexibility index (Phi) is 4.29. The zero-order valence-electron chi connectivity index (χ0n) is 13.1. The Morgan fingerprint density at radius 3 is 2.76 bits per heavy atom. The third kappa shape index (κ3) is 3.12. The van der Waals surface area contributed by atoms with Gasteiger partial charge in [-0.2, -0.15) is 4.68 Å². The maximum atomic E-state index is 12.5. The Bertz CT molecular complexity index is 1060. The van der Waals surface area contributed by atoms with Gasteiger partial charge in [0.2, 0.25) is 0 Å². The van der Waals surface area contributed by atoms with Gasteiger partial charge in [-0.1, -0.05) is 11.3 Å². The molecule has 12 heteroatoms. The highest BCUT2D eigenvalue weighted by atomic mass is 32.2. The van der Waals surface area contributed by atoms with Crippen LogP contribution in [0.3, 0.4) is 0 Å². The first-order valence-corrected chi connectivity index (χ1v) is 8.04. The van der Waals surface area contributed by atoms with Crippen molar-refractivity contribution in [3.63, 3.8) is 0 Å². The van der Waals surface area contributed by atoms with E-state index in [0.717, 1.165) is 9.08 Å². The monoisotopic (exact) mass is 363 g/mol. The molecule has 3 N–H and O–H groups in total. The summed E-state index contributed by atoms with van der Waals surface area (Å²) in [4.78, 5) is 28.3. The van der Waals surface area contributed by atoms with Crippen molar-refractivity contribution in [1.82, 2.24) is 24.4 Å². The van der Waals surface area contributed by atoms with Crippen LogP contribution in [0.2, 0.25) is 0 Å². The molecule has 0 spiro atoms. The molecule has 0 saturated heterocycles. The number of anilines is 2. The Morgan fingerprint density at radius 2 is 2.04 bits per heavy atom. The van der Waals surface area contributed by atoms with Crippen molar-refractivity contribution in [2.24, 2.45) is 7.05 Å². The van der Waals surface area contributed by atoms with Crippen LogP contribution in [0.5, 0.6) is 0 Å². The molecule has 3 rings (SSSR count). The number of imidazole rings is 1. The van der Waals surface area contributed by atoms with E-state index in [2.05, 4.69) is 25.3 Å². The van der Waals surface area contributed by atoms with Gasteiger partial charge in [0.25, 0.3) is 17.2 Å². The summed E-state index contributed by atoms with van der Waals surface area (Å²) in [5, 5.41) is 10.1. The lowest BCUT2D eigenvalue weighted by Crippen LogP contribution is -2.27. The Balaban J connectivity index is 1.95. The highest BCUT2D eigenvalue weighted by Gasteiger charge is 2.18. The van der Waals surface area contributed by atoms with Crippen LogP contribution < -0.4 is 15.7 Å². The van der Waals surface area contributed by atoms with Crippen LogP contribution in [0.15, 0.2) is 29.3 Å². The predicted molar refractivity (Wildman–Crippen MR) is 89.5 cm³/mol. The molecule has 0 aliphatic heterocycles. The van der Waals surface area contributed by atoms with Crippen LogP contribution >= 0.6 is 0 Å². The summed E-state index contributed by atoms with van der Waals surface area (Å²) < 4.78 is 24.3. The van der Waals surface area contributed by atoms with Crippen molar-refractivity contribution in [2.75, 3.05) is 10.0 Å². The Labute approximate surface area is 143 Å². The van der Waals surface area contributed by atoms with Gasteiger partial charge in [-0.3, -0.25) is 14.1 Å². The first-order valence-electron chi connectivity index (χ1n) is 6.94. The van der Waals surface area contributed by atoms with Gasteiger partial charge in [-0.15, -0.1) is 5.10 Å². The minimum atomic E-state index is -2.23. The third-order valence-electron chi connectivity index (χ3n) is 3.49. The minimum Gasteiger partial charge on any atom is -0.320 e. The predicted octanol–water partition coefficient (Wildman–Crippen LogP) is -0.0677. The number of hydrogen-bond acceptors (Lipinski definition) is 6. The van der Waals surface area contributed by atoms with E-state index in [1.807, 2.05) is 0 Å². The van der Waals surface area contributed by atoms with Gasteiger partial charge in [0.1, 0.15) is 6.33 Å². The fraction of sp³-hybridized carbons (Fsp3) is 0.154. The molecule has 0 aliphatic rings. The van der Waals surface area contributed by atoms with E-state index in [9.17, 15) is 13.8 Å². The standard InChI is InChI=1S/C13H13N7O4S/c1-7-8(4-3-5-9(7)17-25(23)24)15-12(21)10-11-16-18-19(2)13(22)20(11)6-14-10/h3-6,17H,1-2H3,(H,15,21)(H,23,24). The molecule has 130 valence electrons. The van der Waals surface area contributed by atoms with Crippen molar-refractivity contribution in [1.29, 1.82) is 0 Å². The second-order valence-electron chi connectivity index (χ2n) is 5.07. The summed E-state index contributed by atoms with van der Waals surface area (Å²) in [5.74, 6) is -0.588. The minimum absolute atomic E-state index is 0.0315. The van der Waals surface area contributed by atoms with Crippen LogP contribution in [0.4, 0.5) is 11.4 Å². The number of aromatic nitrogens is 5. The van der Waals surface area contributed by atoms with Crippen molar-refractivity contribution < 1.29 is 13.6 Å². The molecule has 0 radical (unpaired) electrons. The quantitative estimate of drug-likeness (QED) is 0.551. The molecule has 3 aromatic rings. The molecule has 2 heterocycles. The summed E-state index contributed by atoms with van der Waals surface area (Å²) in [6.45, 7) is 1.67. The second kappa shape index (κ2) is 6.41. The van der Waals surface area contributed by atoms with Gasteiger partial charge in [0.05, 0.1) is 5.69 Å². The van der Waals surface area contributed by atoms with E-state index in [4.69, 9.17) is 4.55 Å². The lowest BCUT2D eigenvalue weighted by atomic mass is 10.1. The van der Waals surface area contributed by atoms with Crippen LogP contribution in [-0.2, 0) is 18.3 Å². The summed E-state index contributed by atoms with van der Waals surface area (Å²) in [6, 6.07) is 4.83. The van der Waals surface area contributed by atoms with Crippen LogP contribution in [0.25, 0.3) is 5.65 Å². The number of amides is 1. The molecule has 0 aliphatic carbocycles. The maximum absolute atomic E-state index is 12.5. The first-order chi connectivity index (χ1) is 11.9.